The Hall–Kier alpha value is -2.50. The Morgan fingerprint density at radius 3 is 2.40 bits per heavy atom. The Labute approximate surface area is 117 Å². The molecule has 2 rings (SSSR count). The number of carbonyl (C=O) groups excluding carboxylic acids is 1. The van der Waals surface area contributed by atoms with Crippen LogP contribution in [0.3, 0.4) is 0 Å². The van der Waals surface area contributed by atoms with Crippen molar-refractivity contribution in [3.05, 3.63) is 41.7 Å². The second-order valence-corrected chi connectivity index (χ2v) is 4.37. The Morgan fingerprint density at radius 1 is 1.25 bits per heavy atom. The number of ether oxygens (including phenoxy) is 2. The first-order chi connectivity index (χ1) is 9.63. The van der Waals surface area contributed by atoms with E-state index in [1.54, 1.807) is 56.8 Å². The van der Waals surface area contributed by atoms with Crippen molar-refractivity contribution in [1.82, 2.24) is 15.1 Å². The van der Waals surface area contributed by atoms with Crippen LogP contribution in [0.15, 0.2) is 30.6 Å². The lowest BCUT2D eigenvalue weighted by molar-refractivity contribution is 0.0784. The third kappa shape index (κ3) is 3.09. The topological polar surface area (TPSA) is 67.5 Å². The summed E-state index contributed by atoms with van der Waals surface area (Å²) in [6, 6.07) is 5.11. The second kappa shape index (κ2) is 6.10. The van der Waals surface area contributed by atoms with Crippen LogP contribution < -0.4 is 9.47 Å². The van der Waals surface area contributed by atoms with Crippen LogP contribution in [0.25, 0.3) is 0 Å². The molecule has 1 amide bonds. The van der Waals surface area contributed by atoms with Crippen molar-refractivity contribution in [2.75, 3.05) is 21.3 Å². The van der Waals surface area contributed by atoms with Gasteiger partial charge in [-0.3, -0.25) is 9.89 Å². The standard InChI is InChI=1S/C14H17N3O3/c1-17(9-10-7-15-16-8-10)14(18)11-4-12(19-2)6-13(5-11)20-3/h4-8H,9H2,1-3H3,(H,15,16). The van der Waals surface area contributed by atoms with Gasteiger partial charge in [0.25, 0.3) is 5.91 Å². The van der Waals surface area contributed by atoms with Crippen molar-refractivity contribution in [3.8, 4) is 11.5 Å². The van der Waals surface area contributed by atoms with Crippen LogP contribution in [-0.4, -0.2) is 42.3 Å². The van der Waals surface area contributed by atoms with Crippen LogP contribution in [0.5, 0.6) is 11.5 Å². The van der Waals surface area contributed by atoms with E-state index in [2.05, 4.69) is 10.2 Å². The number of H-pyrrole nitrogens is 1. The molecule has 0 unspecified atom stereocenters. The fourth-order valence-corrected chi connectivity index (χ4v) is 1.86. The van der Waals surface area contributed by atoms with Crippen LogP contribution in [0, 0.1) is 0 Å². The van der Waals surface area contributed by atoms with Crippen LogP contribution in [-0.2, 0) is 6.54 Å². The molecule has 0 radical (unpaired) electrons. The van der Waals surface area contributed by atoms with Gasteiger partial charge < -0.3 is 14.4 Å². The Morgan fingerprint density at radius 2 is 1.90 bits per heavy atom. The normalized spacial score (nSPS) is 10.2. The molecule has 2 aromatic rings. The first kappa shape index (κ1) is 13.9. The number of nitrogens with zero attached hydrogens (tertiary/aromatic N) is 2. The molecule has 0 bridgehead atoms. The smallest absolute Gasteiger partial charge is 0.254 e. The van der Waals surface area contributed by atoms with Gasteiger partial charge in [0.05, 0.1) is 20.4 Å². The molecule has 0 aliphatic carbocycles. The maximum Gasteiger partial charge on any atom is 0.254 e. The molecule has 1 N–H and O–H groups in total. The van der Waals surface area contributed by atoms with Crippen LogP contribution in [0.2, 0.25) is 0 Å². The van der Waals surface area contributed by atoms with Gasteiger partial charge in [0.2, 0.25) is 0 Å². The number of amides is 1. The van der Waals surface area contributed by atoms with E-state index in [0.29, 0.717) is 23.6 Å². The largest absolute Gasteiger partial charge is 0.497 e. The van der Waals surface area contributed by atoms with Crippen molar-refractivity contribution >= 4 is 5.91 Å². The first-order valence-electron chi connectivity index (χ1n) is 6.10. The molecule has 0 aliphatic heterocycles. The van der Waals surface area contributed by atoms with E-state index in [1.807, 2.05) is 0 Å². The molecule has 1 aromatic carbocycles. The predicted molar refractivity (Wildman–Crippen MR) is 73.9 cm³/mol. The summed E-state index contributed by atoms with van der Waals surface area (Å²) in [5.74, 6) is 1.07. The third-order valence-electron chi connectivity index (χ3n) is 2.92. The molecule has 0 fully saturated rings. The lowest BCUT2D eigenvalue weighted by Crippen LogP contribution is -2.26. The number of methoxy groups -OCH3 is 2. The molecule has 1 heterocycles. The van der Waals surface area contributed by atoms with E-state index in [1.165, 1.54) is 0 Å². The van der Waals surface area contributed by atoms with E-state index in [0.717, 1.165) is 5.56 Å². The summed E-state index contributed by atoms with van der Waals surface area (Å²) in [7, 11) is 4.84. The summed E-state index contributed by atoms with van der Waals surface area (Å²) in [6.07, 6.45) is 3.45. The fourth-order valence-electron chi connectivity index (χ4n) is 1.86. The quantitative estimate of drug-likeness (QED) is 0.901. The summed E-state index contributed by atoms with van der Waals surface area (Å²) in [4.78, 5) is 14.0. The molecule has 0 spiro atoms. The highest BCUT2D eigenvalue weighted by Gasteiger charge is 2.15. The number of aromatic amines is 1. The van der Waals surface area contributed by atoms with Gasteiger partial charge >= 0.3 is 0 Å². The summed E-state index contributed by atoms with van der Waals surface area (Å²) >= 11 is 0. The van der Waals surface area contributed by atoms with Gasteiger partial charge in [0.15, 0.2) is 0 Å². The highest BCUT2D eigenvalue weighted by atomic mass is 16.5. The van der Waals surface area contributed by atoms with Gasteiger partial charge in [0.1, 0.15) is 11.5 Å². The van der Waals surface area contributed by atoms with Crippen molar-refractivity contribution in [2.45, 2.75) is 6.54 Å². The minimum atomic E-state index is -0.108. The Balaban J connectivity index is 2.19. The van der Waals surface area contributed by atoms with Crippen molar-refractivity contribution in [2.24, 2.45) is 0 Å². The van der Waals surface area contributed by atoms with Crippen LogP contribution in [0.1, 0.15) is 15.9 Å². The molecule has 106 valence electrons. The van der Waals surface area contributed by atoms with E-state index >= 15 is 0 Å². The van der Waals surface area contributed by atoms with E-state index in [4.69, 9.17) is 9.47 Å². The lowest BCUT2D eigenvalue weighted by Gasteiger charge is -2.17. The molecular weight excluding hydrogens is 258 g/mol. The Bertz CT molecular complexity index is 559. The number of hydrogen-bond acceptors (Lipinski definition) is 4. The number of nitrogens with one attached hydrogen (secondary N) is 1. The van der Waals surface area contributed by atoms with E-state index in [-0.39, 0.29) is 5.91 Å². The third-order valence-corrected chi connectivity index (χ3v) is 2.92. The molecule has 6 nitrogen and oxygen atoms in total. The lowest BCUT2D eigenvalue weighted by atomic mass is 10.1. The number of rotatable bonds is 5. The first-order valence-corrected chi connectivity index (χ1v) is 6.10. The van der Waals surface area contributed by atoms with Gasteiger partial charge in [-0.25, -0.2) is 0 Å². The predicted octanol–water partition coefficient (Wildman–Crippen LogP) is 1.70. The number of hydrogen-bond donors (Lipinski definition) is 1. The minimum Gasteiger partial charge on any atom is -0.497 e. The van der Waals surface area contributed by atoms with Crippen LogP contribution >= 0.6 is 0 Å². The van der Waals surface area contributed by atoms with Crippen molar-refractivity contribution < 1.29 is 14.3 Å². The van der Waals surface area contributed by atoms with Gasteiger partial charge in [0, 0.05) is 37.0 Å². The molecule has 6 heteroatoms. The van der Waals surface area contributed by atoms with Gasteiger partial charge in [-0.1, -0.05) is 0 Å². The zero-order chi connectivity index (χ0) is 14.5. The number of carbonyl (C=O) groups is 1. The highest BCUT2D eigenvalue weighted by Crippen LogP contribution is 2.23. The SMILES string of the molecule is COc1cc(OC)cc(C(=O)N(C)Cc2cn[nH]c2)c1. The maximum absolute atomic E-state index is 12.4. The monoisotopic (exact) mass is 275 g/mol. The number of benzene rings is 1. The zero-order valence-electron chi connectivity index (χ0n) is 11.7. The minimum absolute atomic E-state index is 0.108. The molecule has 1 aromatic heterocycles. The molecule has 0 aliphatic rings. The van der Waals surface area contributed by atoms with E-state index < -0.39 is 0 Å². The molecule has 0 atom stereocenters. The summed E-state index contributed by atoms with van der Waals surface area (Å²) in [6.45, 7) is 0.481. The molecule has 20 heavy (non-hydrogen) atoms. The molecular formula is C14H17N3O3. The highest BCUT2D eigenvalue weighted by molar-refractivity contribution is 5.94. The Kier molecular flexibility index (Phi) is 4.24. The summed E-state index contributed by atoms with van der Waals surface area (Å²) < 4.78 is 10.3. The summed E-state index contributed by atoms with van der Waals surface area (Å²) in [5.41, 5.74) is 1.46. The molecule has 0 saturated heterocycles. The number of aromatic nitrogens is 2. The van der Waals surface area contributed by atoms with Gasteiger partial charge in [-0.15, -0.1) is 0 Å². The van der Waals surface area contributed by atoms with Crippen molar-refractivity contribution in [3.63, 3.8) is 0 Å². The summed E-state index contributed by atoms with van der Waals surface area (Å²) in [5, 5.41) is 6.58. The zero-order valence-corrected chi connectivity index (χ0v) is 11.7. The van der Waals surface area contributed by atoms with E-state index in [9.17, 15) is 4.79 Å². The average molecular weight is 275 g/mol. The van der Waals surface area contributed by atoms with Crippen LogP contribution in [0.4, 0.5) is 0 Å². The molecule has 0 saturated carbocycles. The maximum atomic E-state index is 12.4. The fraction of sp³-hybridized carbons (Fsp3) is 0.286. The van der Waals surface area contributed by atoms with Gasteiger partial charge in [-0.2, -0.15) is 5.10 Å². The second-order valence-electron chi connectivity index (χ2n) is 4.37. The van der Waals surface area contributed by atoms with Crippen molar-refractivity contribution in [1.29, 1.82) is 0 Å². The van der Waals surface area contributed by atoms with Gasteiger partial charge in [-0.05, 0) is 12.1 Å². The average Bonchev–Trinajstić information content (AvgIpc) is 2.98.